The average molecular weight is 234 g/mol. The Bertz CT molecular complexity index is 617. The van der Waals surface area contributed by atoms with Crippen molar-refractivity contribution >= 4 is 10.9 Å². The molecule has 4 heteroatoms. The van der Waals surface area contributed by atoms with Crippen LogP contribution >= 0.6 is 0 Å². The third-order valence-electron chi connectivity index (χ3n) is 2.75. The quantitative estimate of drug-likeness (QED) is 0.863. The van der Waals surface area contributed by atoms with Gasteiger partial charge in [0.1, 0.15) is 5.82 Å². The van der Waals surface area contributed by atoms with E-state index in [-0.39, 0.29) is 11.2 Å². The zero-order valence-corrected chi connectivity index (χ0v) is 10.2. The highest BCUT2D eigenvalue weighted by Crippen LogP contribution is 2.13. The molecule has 0 aliphatic rings. The van der Waals surface area contributed by atoms with Crippen molar-refractivity contribution in [3.63, 3.8) is 0 Å². The summed E-state index contributed by atoms with van der Waals surface area (Å²) >= 11 is 0. The fourth-order valence-corrected chi connectivity index (χ4v) is 1.93. The predicted octanol–water partition coefficient (Wildman–Crippen LogP) is 2.04. The van der Waals surface area contributed by atoms with Gasteiger partial charge < -0.3 is 9.88 Å². The number of hydrogen-bond acceptors (Lipinski definition) is 2. The third-order valence-corrected chi connectivity index (χ3v) is 2.75. The molecule has 0 aliphatic heterocycles. The SMILES string of the molecule is Cc1[nH]c2ccc(F)cc2c(=O)c1CN(C)C. The monoisotopic (exact) mass is 234 g/mol. The van der Waals surface area contributed by atoms with E-state index in [2.05, 4.69) is 4.98 Å². The molecule has 1 N–H and O–H groups in total. The van der Waals surface area contributed by atoms with Crippen LogP contribution < -0.4 is 5.43 Å². The standard InChI is InChI=1S/C13H15FN2O/c1-8-11(7-16(2)3)13(17)10-6-9(14)4-5-12(10)15-8/h4-6H,7H2,1-3H3,(H,15,17). The number of fused-ring (bicyclic) bond motifs is 1. The molecular weight excluding hydrogens is 219 g/mol. The molecule has 2 aromatic rings. The molecule has 2 rings (SSSR count). The summed E-state index contributed by atoms with van der Waals surface area (Å²) in [5, 5.41) is 0.410. The molecule has 0 saturated carbocycles. The van der Waals surface area contributed by atoms with Crippen molar-refractivity contribution in [3.8, 4) is 0 Å². The minimum atomic E-state index is -0.386. The lowest BCUT2D eigenvalue weighted by atomic mass is 10.1. The molecule has 1 heterocycles. The third kappa shape index (κ3) is 2.22. The van der Waals surface area contributed by atoms with E-state index in [1.807, 2.05) is 25.9 Å². The average Bonchev–Trinajstić information content (AvgIpc) is 2.25. The van der Waals surface area contributed by atoms with E-state index >= 15 is 0 Å². The first-order valence-corrected chi connectivity index (χ1v) is 5.45. The van der Waals surface area contributed by atoms with Gasteiger partial charge >= 0.3 is 0 Å². The number of pyridine rings is 1. The van der Waals surface area contributed by atoms with Gasteiger partial charge in [0.15, 0.2) is 5.43 Å². The van der Waals surface area contributed by atoms with Crippen LogP contribution in [-0.2, 0) is 6.54 Å². The number of halogens is 1. The summed E-state index contributed by atoms with van der Waals surface area (Å²) in [5.41, 5.74) is 2.11. The number of nitrogens with zero attached hydrogens (tertiary/aromatic N) is 1. The second kappa shape index (κ2) is 4.30. The molecule has 0 unspecified atom stereocenters. The summed E-state index contributed by atoms with van der Waals surface area (Å²) in [6.07, 6.45) is 0. The van der Waals surface area contributed by atoms with Crippen LogP contribution in [0.15, 0.2) is 23.0 Å². The van der Waals surface area contributed by atoms with Crippen LogP contribution in [0.5, 0.6) is 0 Å². The molecule has 0 bridgehead atoms. The number of aromatic amines is 1. The van der Waals surface area contributed by atoms with Gasteiger partial charge in [0, 0.05) is 28.7 Å². The Kier molecular flexibility index (Phi) is 2.98. The van der Waals surface area contributed by atoms with Gasteiger partial charge in [-0.1, -0.05) is 0 Å². The molecule has 1 aromatic carbocycles. The maximum atomic E-state index is 13.1. The van der Waals surface area contributed by atoms with Gasteiger partial charge in [-0.25, -0.2) is 4.39 Å². The van der Waals surface area contributed by atoms with Crippen LogP contribution in [0.1, 0.15) is 11.3 Å². The number of hydrogen-bond donors (Lipinski definition) is 1. The zero-order valence-electron chi connectivity index (χ0n) is 10.2. The molecule has 17 heavy (non-hydrogen) atoms. The van der Waals surface area contributed by atoms with Gasteiger partial charge in [-0.2, -0.15) is 0 Å². The minimum absolute atomic E-state index is 0.0931. The fourth-order valence-electron chi connectivity index (χ4n) is 1.93. The van der Waals surface area contributed by atoms with E-state index in [0.717, 1.165) is 5.69 Å². The largest absolute Gasteiger partial charge is 0.358 e. The number of aryl methyl sites for hydroxylation is 1. The molecule has 3 nitrogen and oxygen atoms in total. The van der Waals surface area contributed by atoms with Gasteiger partial charge in [-0.3, -0.25) is 4.79 Å². The summed E-state index contributed by atoms with van der Waals surface area (Å²) in [4.78, 5) is 17.3. The molecule has 0 fully saturated rings. The lowest BCUT2D eigenvalue weighted by Gasteiger charge is -2.12. The van der Waals surface area contributed by atoms with Crippen molar-refractivity contribution in [3.05, 3.63) is 45.5 Å². The Hall–Kier alpha value is -1.68. The second-order valence-corrected chi connectivity index (χ2v) is 4.49. The smallest absolute Gasteiger partial charge is 0.194 e. The molecule has 90 valence electrons. The van der Waals surface area contributed by atoms with E-state index in [1.165, 1.54) is 12.1 Å². The van der Waals surface area contributed by atoms with Gasteiger partial charge in [-0.15, -0.1) is 0 Å². The highest BCUT2D eigenvalue weighted by Gasteiger charge is 2.10. The predicted molar refractivity (Wildman–Crippen MR) is 66.7 cm³/mol. The molecule has 0 amide bonds. The van der Waals surface area contributed by atoms with Crippen LogP contribution in [0.25, 0.3) is 10.9 Å². The van der Waals surface area contributed by atoms with E-state index < -0.39 is 0 Å². The van der Waals surface area contributed by atoms with E-state index in [0.29, 0.717) is 23.0 Å². The van der Waals surface area contributed by atoms with Crippen molar-refractivity contribution in [2.24, 2.45) is 0 Å². The van der Waals surface area contributed by atoms with Gasteiger partial charge in [0.05, 0.1) is 0 Å². The Morgan fingerprint density at radius 3 is 2.71 bits per heavy atom. The molecule has 0 radical (unpaired) electrons. The van der Waals surface area contributed by atoms with Gasteiger partial charge in [0.25, 0.3) is 0 Å². The molecule has 1 aromatic heterocycles. The molecule has 0 atom stereocenters. The Labute approximate surface area is 98.9 Å². The fraction of sp³-hybridized carbons (Fsp3) is 0.308. The second-order valence-electron chi connectivity index (χ2n) is 4.49. The summed E-state index contributed by atoms with van der Waals surface area (Å²) in [5.74, 6) is -0.386. The highest BCUT2D eigenvalue weighted by molar-refractivity contribution is 5.79. The first-order chi connectivity index (χ1) is 7.99. The summed E-state index contributed by atoms with van der Waals surface area (Å²) in [6, 6.07) is 4.23. The Balaban J connectivity index is 2.73. The molecular formula is C13H15FN2O. The summed E-state index contributed by atoms with van der Waals surface area (Å²) in [6.45, 7) is 2.41. The minimum Gasteiger partial charge on any atom is -0.358 e. The van der Waals surface area contributed by atoms with Gasteiger partial charge in [0.2, 0.25) is 0 Å². The van der Waals surface area contributed by atoms with Crippen molar-refractivity contribution in [1.29, 1.82) is 0 Å². The molecule has 0 spiro atoms. The number of H-pyrrole nitrogens is 1. The number of aromatic nitrogens is 1. The number of benzene rings is 1. The first kappa shape index (κ1) is 11.8. The van der Waals surface area contributed by atoms with Crippen molar-refractivity contribution in [1.82, 2.24) is 9.88 Å². The number of nitrogens with one attached hydrogen (secondary N) is 1. The normalized spacial score (nSPS) is 11.4. The van der Waals surface area contributed by atoms with Crippen LogP contribution in [0, 0.1) is 12.7 Å². The maximum Gasteiger partial charge on any atom is 0.194 e. The Morgan fingerprint density at radius 2 is 2.06 bits per heavy atom. The van der Waals surface area contributed by atoms with E-state index in [1.54, 1.807) is 6.07 Å². The number of rotatable bonds is 2. The van der Waals surface area contributed by atoms with Gasteiger partial charge in [-0.05, 0) is 39.2 Å². The summed E-state index contributed by atoms with van der Waals surface area (Å²) < 4.78 is 13.1. The Morgan fingerprint density at radius 1 is 1.35 bits per heavy atom. The lowest BCUT2D eigenvalue weighted by molar-refractivity contribution is 0.400. The van der Waals surface area contributed by atoms with Crippen LogP contribution in [-0.4, -0.2) is 24.0 Å². The first-order valence-electron chi connectivity index (χ1n) is 5.45. The topological polar surface area (TPSA) is 36.1 Å². The van der Waals surface area contributed by atoms with Crippen LogP contribution in [0.3, 0.4) is 0 Å². The summed E-state index contributed by atoms with van der Waals surface area (Å²) in [7, 11) is 3.79. The molecule has 0 aliphatic carbocycles. The van der Waals surface area contributed by atoms with Crippen molar-refractivity contribution in [2.45, 2.75) is 13.5 Å². The van der Waals surface area contributed by atoms with Crippen molar-refractivity contribution < 1.29 is 4.39 Å². The lowest BCUT2D eigenvalue weighted by Crippen LogP contribution is -2.21. The van der Waals surface area contributed by atoms with E-state index in [9.17, 15) is 9.18 Å². The zero-order chi connectivity index (χ0) is 12.6. The van der Waals surface area contributed by atoms with Crippen LogP contribution in [0.2, 0.25) is 0 Å². The van der Waals surface area contributed by atoms with Crippen molar-refractivity contribution in [2.75, 3.05) is 14.1 Å². The maximum absolute atomic E-state index is 13.1. The highest BCUT2D eigenvalue weighted by atomic mass is 19.1. The van der Waals surface area contributed by atoms with Crippen LogP contribution in [0.4, 0.5) is 4.39 Å². The van der Waals surface area contributed by atoms with E-state index in [4.69, 9.17) is 0 Å². The molecule has 0 saturated heterocycles.